The standard InChI is InChI=1S/C13H29N/c1-7-9-10-12(5)13(8-2)14(6)11(3)4/h11-13H,7-10H2,1-6H3. The zero-order valence-electron chi connectivity index (χ0n) is 11.0. The third kappa shape index (κ3) is 4.45. The van der Waals surface area contributed by atoms with E-state index < -0.39 is 0 Å². The third-order valence-corrected chi connectivity index (χ3v) is 3.43. The molecule has 2 unspecified atom stereocenters. The maximum absolute atomic E-state index is 2.53. The van der Waals surface area contributed by atoms with Gasteiger partial charge < -0.3 is 4.90 Å². The first-order chi connectivity index (χ1) is 6.54. The van der Waals surface area contributed by atoms with Crippen LogP contribution in [-0.2, 0) is 0 Å². The summed E-state index contributed by atoms with van der Waals surface area (Å²) in [5.74, 6) is 0.840. The van der Waals surface area contributed by atoms with Gasteiger partial charge in [-0.15, -0.1) is 0 Å². The van der Waals surface area contributed by atoms with Crippen LogP contribution in [-0.4, -0.2) is 24.0 Å². The van der Waals surface area contributed by atoms with Crippen molar-refractivity contribution >= 4 is 0 Å². The van der Waals surface area contributed by atoms with Gasteiger partial charge in [0.15, 0.2) is 0 Å². The van der Waals surface area contributed by atoms with Crippen molar-refractivity contribution in [2.24, 2.45) is 5.92 Å². The second-order valence-corrected chi connectivity index (χ2v) is 4.85. The van der Waals surface area contributed by atoms with Gasteiger partial charge in [0.05, 0.1) is 0 Å². The summed E-state index contributed by atoms with van der Waals surface area (Å²) in [6.45, 7) is 11.6. The fraction of sp³-hybridized carbons (Fsp3) is 1.00. The molecule has 0 aromatic carbocycles. The van der Waals surface area contributed by atoms with Crippen LogP contribution in [0, 0.1) is 5.92 Å². The molecule has 0 fully saturated rings. The van der Waals surface area contributed by atoms with Crippen molar-refractivity contribution in [1.29, 1.82) is 0 Å². The van der Waals surface area contributed by atoms with Gasteiger partial charge in [-0.25, -0.2) is 0 Å². The average Bonchev–Trinajstić information content (AvgIpc) is 2.15. The van der Waals surface area contributed by atoms with E-state index in [9.17, 15) is 0 Å². The molecule has 1 nitrogen and oxygen atoms in total. The van der Waals surface area contributed by atoms with Crippen LogP contribution in [0.25, 0.3) is 0 Å². The number of unbranched alkanes of at least 4 members (excludes halogenated alkanes) is 1. The molecule has 0 radical (unpaired) electrons. The number of nitrogens with zero attached hydrogens (tertiary/aromatic N) is 1. The Labute approximate surface area is 90.9 Å². The summed E-state index contributed by atoms with van der Waals surface area (Å²) in [7, 11) is 2.27. The van der Waals surface area contributed by atoms with Gasteiger partial charge in [-0.05, 0) is 39.7 Å². The van der Waals surface area contributed by atoms with Crippen molar-refractivity contribution in [2.75, 3.05) is 7.05 Å². The Balaban J connectivity index is 4.10. The van der Waals surface area contributed by atoms with Crippen LogP contribution in [0.5, 0.6) is 0 Å². The second-order valence-electron chi connectivity index (χ2n) is 4.85. The summed E-state index contributed by atoms with van der Waals surface area (Å²) in [6.07, 6.45) is 5.36. The Kier molecular flexibility index (Phi) is 7.26. The first-order valence-corrected chi connectivity index (χ1v) is 6.26. The molecule has 14 heavy (non-hydrogen) atoms. The molecule has 0 spiro atoms. The molecule has 1 heteroatoms. The molecule has 0 rings (SSSR count). The quantitative estimate of drug-likeness (QED) is 0.600. The molecule has 0 aromatic heterocycles. The van der Waals surface area contributed by atoms with E-state index in [1.165, 1.54) is 25.7 Å². The highest BCUT2D eigenvalue weighted by Crippen LogP contribution is 2.20. The van der Waals surface area contributed by atoms with Gasteiger partial charge in [0.2, 0.25) is 0 Å². The molecular weight excluding hydrogens is 170 g/mol. The zero-order chi connectivity index (χ0) is 11.1. The third-order valence-electron chi connectivity index (χ3n) is 3.43. The van der Waals surface area contributed by atoms with Crippen LogP contribution < -0.4 is 0 Å². The maximum Gasteiger partial charge on any atom is 0.0118 e. The predicted octanol–water partition coefficient (Wildman–Crippen LogP) is 3.93. The highest BCUT2D eigenvalue weighted by Gasteiger charge is 2.20. The summed E-state index contributed by atoms with van der Waals surface area (Å²) in [5.41, 5.74) is 0. The van der Waals surface area contributed by atoms with Gasteiger partial charge >= 0.3 is 0 Å². The highest BCUT2D eigenvalue weighted by atomic mass is 15.1. The van der Waals surface area contributed by atoms with Crippen molar-refractivity contribution in [3.05, 3.63) is 0 Å². The predicted molar refractivity (Wildman–Crippen MR) is 65.7 cm³/mol. The molecule has 0 saturated heterocycles. The summed E-state index contributed by atoms with van der Waals surface area (Å²) in [6, 6.07) is 1.44. The van der Waals surface area contributed by atoms with Crippen LogP contribution in [0.15, 0.2) is 0 Å². The molecule has 0 aliphatic rings. The van der Waals surface area contributed by atoms with E-state index in [4.69, 9.17) is 0 Å². The topological polar surface area (TPSA) is 3.24 Å². The molecule has 0 aromatic rings. The van der Waals surface area contributed by atoms with Gasteiger partial charge in [-0.2, -0.15) is 0 Å². The molecule has 0 amide bonds. The molecular formula is C13H29N. The van der Waals surface area contributed by atoms with Crippen LogP contribution in [0.4, 0.5) is 0 Å². The van der Waals surface area contributed by atoms with Crippen molar-refractivity contribution < 1.29 is 0 Å². The van der Waals surface area contributed by atoms with E-state index in [2.05, 4.69) is 46.6 Å². The van der Waals surface area contributed by atoms with Gasteiger partial charge in [0.25, 0.3) is 0 Å². The smallest absolute Gasteiger partial charge is 0.0118 e. The number of rotatable bonds is 7. The Morgan fingerprint density at radius 2 is 1.64 bits per heavy atom. The van der Waals surface area contributed by atoms with Crippen LogP contribution in [0.2, 0.25) is 0 Å². The normalized spacial score (nSPS) is 16.3. The second kappa shape index (κ2) is 7.28. The van der Waals surface area contributed by atoms with Crippen molar-refractivity contribution in [2.45, 2.75) is 72.4 Å². The molecule has 86 valence electrons. The Bertz CT molecular complexity index is 131. The highest BCUT2D eigenvalue weighted by molar-refractivity contribution is 4.75. The van der Waals surface area contributed by atoms with Gasteiger partial charge in [0, 0.05) is 12.1 Å². The summed E-state index contributed by atoms with van der Waals surface area (Å²) < 4.78 is 0. The SMILES string of the molecule is CCCCC(C)C(CC)N(C)C(C)C. The molecule has 0 heterocycles. The largest absolute Gasteiger partial charge is 0.301 e. The molecule has 0 N–H and O–H groups in total. The Morgan fingerprint density at radius 1 is 1.07 bits per heavy atom. The minimum atomic E-state index is 0.670. The number of hydrogen-bond acceptors (Lipinski definition) is 1. The lowest BCUT2D eigenvalue weighted by atomic mass is 9.92. The summed E-state index contributed by atoms with van der Waals surface area (Å²) in [4.78, 5) is 2.53. The minimum Gasteiger partial charge on any atom is -0.301 e. The zero-order valence-corrected chi connectivity index (χ0v) is 11.0. The fourth-order valence-electron chi connectivity index (χ4n) is 2.19. The molecule has 0 aliphatic carbocycles. The lowest BCUT2D eigenvalue weighted by molar-refractivity contribution is 0.136. The van der Waals surface area contributed by atoms with E-state index in [-0.39, 0.29) is 0 Å². The minimum absolute atomic E-state index is 0.670. The van der Waals surface area contributed by atoms with E-state index >= 15 is 0 Å². The van der Waals surface area contributed by atoms with Crippen LogP contribution in [0.3, 0.4) is 0 Å². The van der Waals surface area contributed by atoms with Crippen molar-refractivity contribution in [3.8, 4) is 0 Å². The van der Waals surface area contributed by atoms with Gasteiger partial charge in [-0.3, -0.25) is 0 Å². The average molecular weight is 199 g/mol. The summed E-state index contributed by atoms with van der Waals surface area (Å²) >= 11 is 0. The monoisotopic (exact) mass is 199 g/mol. The first-order valence-electron chi connectivity index (χ1n) is 6.26. The van der Waals surface area contributed by atoms with Crippen molar-refractivity contribution in [1.82, 2.24) is 4.90 Å². The number of hydrogen-bond donors (Lipinski definition) is 0. The maximum atomic E-state index is 2.53. The Hall–Kier alpha value is -0.0400. The molecule has 0 saturated carbocycles. The van der Waals surface area contributed by atoms with Crippen molar-refractivity contribution in [3.63, 3.8) is 0 Å². The Morgan fingerprint density at radius 3 is 2.00 bits per heavy atom. The van der Waals surface area contributed by atoms with Crippen LogP contribution in [0.1, 0.15) is 60.3 Å². The van der Waals surface area contributed by atoms with E-state index in [0.29, 0.717) is 6.04 Å². The van der Waals surface area contributed by atoms with E-state index in [0.717, 1.165) is 12.0 Å². The van der Waals surface area contributed by atoms with Gasteiger partial charge in [0.1, 0.15) is 0 Å². The lowest BCUT2D eigenvalue weighted by Crippen LogP contribution is -2.40. The fourth-order valence-corrected chi connectivity index (χ4v) is 2.19. The lowest BCUT2D eigenvalue weighted by Gasteiger charge is -2.35. The van der Waals surface area contributed by atoms with E-state index in [1.54, 1.807) is 0 Å². The molecule has 0 bridgehead atoms. The molecule has 0 aliphatic heterocycles. The molecule has 2 atom stereocenters. The van der Waals surface area contributed by atoms with Gasteiger partial charge in [-0.1, -0.05) is 33.6 Å². The summed E-state index contributed by atoms with van der Waals surface area (Å²) in [5, 5.41) is 0. The first kappa shape index (κ1) is 14.0. The van der Waals surface area contributed by atoms with Crippen LogP contribution >= 0.6 is 0 Å². The van der Waals surface area contributed by atoms with E-state index in [1.807, 2.05) is 0 Å².